The Hall–Kier alpha value is -1.07. The van der Waals surface area contributed by atoms with Crippen LogP contribution in [0.1, 0.15) is 24.1 Å². The van der Waals surface area contributed by atoms with E-state index in [4.69, 9.17) is 17.4 Å². The monoisotopic (exact) mass is 324 g/mol. The van der Waals surface area contributed by atoms with Gasteiger partial charge in [0.1, 0.15) is 5.82 Å². The fourth-order valence-corrected chi connectivity index (χ4v) is 2.96. The predicted molar refractivity (Wildman–Crippen MR) is 88.0 cm³/mol. The van der Waals surface area contributed by atoms with Gasteiger partial charge in [0.25, 0.3) is 0 Å². The first kappa shape index (κ1) is 16.3. The van der Waals surface area contributed by atoms with Crippen LogP contribution in [0.4, 0.5) is 4.39 Å². The summed E-state index contributed by atoms with van der Waals surface area (Å²) in [6.07, 6.45) is 0.472. The zero-order valence-electron chi connectivity index (χ0n) is 11.8. The molecule has 0 bridgehead atoms. The molecule has 0 radical (unpaired) electrons. The maximum Gasteiger partial charge on any atom is 0.127 e. The molecule has 0 aliphatic heterocycles. The number of nitrogens with two attached hydrogens (primary N) is 1. The SMILES string of the molecule is CCSc1ccc(C(Cc2ccc(Cl)cc2F)NN)cc1. The third-order valence-electron chi connectivity index (χ3n) is 3.23. The molecule has 2 aromatic rings. The molecule has 112 valence electrons. The van der Waals surface area contributed by atoms with Crippen LogP contribution in [0, 0.1) is 5.82 Å². The summed E-state index contributed by atoms with van der Waals surface area (Å²) in [4.78, 5) is 1.22. The Morgan fingerprint density at radius 1 is 1.24 bits per heavy atom. The largest absolute Gasteiger partial charge is 0.271 e. The Morgan fingerprint density at radius 2 is 1.95 bits per heavy atom. The highest BCUT2D eigenvalue weighted by Crippen LogP contribution is 2.24. The summed E-state index contributed by atoms with van der Waals surface area (Å²) < 4.78 is 13.9. The molecule has 3 N–H and O–H groups in total. The minimum Gasteiger partial charge on any atom is -0.271 e. The molecule has 21 heavy (non-hydrogen) atoms. The highest BCUT2D eigenvalue weighted by molar-refractivity contribution is 7.99. The number of nitrogens with one attached hydrogen (secondary N) is 1. The lowest BCUT2D eigenvalue weighted by Crippen LogP contribution is -2.29. The first-order valence-electron chi connectivity index (χ1n) is 6.77. The highest BCUT2D eigenvalue weighted by Gasteiger charge is 2.13. The van der Waals surface area contributed by atoms with E-state index in [2.05, 4.69) is 24.5 Å². The Kier molecular flexibility index (Phi) is 6.06. The molecular formula is C16H18ClFN2S. The summed E-state index contributed by atoms with van der Waals surface area (Å²) in [6, 6.07) is 12.7. The third-order valence-corrected chi connectivity index (χ3v) is 4.36. The van der Waals surface area contributed by atoms with Gasteiger partial charge in [0.05, 0.1) is 6.04 Å². The van der Waals surface area contributed by atoms with Gasteiger partial charge in [0.15, 0.2) is 0 Å². The van der Waals surface area contributed by atoms with Gasteiger partial charge in [-0.2, -0.15) is 0 Å². The smallest absolute Gasteiger partial charge is 0.127 e. The van der Waals surface area contributed by atoms with E-state index in [1.54, 1.807) is 23.9 Å². The van der Waals surface area contributed by atoms with Gasteiger partial charge >= 0.3 is 0 Å². The van der Waals surface area contributed by atoms with E-state index in [9.17, 15) is 4.39 Å². The van der Waals surface area contributed by atoms with Gasteiger partial charge in [0.2, 0.25) is 0 Å². The van der Waals surface area contributed by atoms with E-state index in [-0.39, 0.29) is 11.9 Å². The van der Waals surface area contributed by atoms with E-state index in [0.717, 1.165) is 11.3 Å². The van der Waals surface area contributed by atoms with Crippen LogP contribution in [0.3, 0.4) is 0 Å². The molecule has 0 aromatic heterocycles. The van der Waals surface area contributed by atoms with Crippen LogP contribution in [-0.2, 0) is 6.42 Å². The number of hydrogen-bond acceptors (Lipinski definition) is 3. The van der Waals surface area contributed by atoms with E-state index in [1.165, 1.54) is 11.0 Å². The molecule has 1 unspecified atom stereocenters. The molecule has 1 atom stereocenters. The summed E-state index contributed by atoms with van der Waals surface area (Å²) in [6.45, 7) is 2.12. The minimum absolute atomic E-state index is 0.138. The number of hydrogen-bond donors (Lipinski definition) is 2. The summed E-state index contributed by atoms with van der Waals surface area (Å²) in [7, 11) is 0. The van der Waals surface area contributed by atoms with Gasteiger partial charge in [-0.25, -0.2) is 4.39 Å². The van der Waals surface area contributed by atoms with Crippen LogP contribution in [0.15, 0.2) is 47.4 Å². The highest BCUT2D eigenvalue weighted by atomic mass is 35.5. The molecule has 2 rings (SSSR count). The van der Waals surface area contributed by atoms with E-state index >= 15 is 0 Å². The average molecular weight is 325 g/mol. The van der Waals surface area contributed by atoms with Gasteiger partial charge in [-0.05, 0) is 47.6 Å². The zero-order valence-corrected chi connectivity index (χ0v) is 13.3. The van der Waals surface area contributed by atoms with E-state index < -0.39 is 0 Å². The number of rotatable bonds is 6. The second-order valence-corrected chi connectivity index (χ2v) is 6.44. The number of halogens is 2. The van der Waals surface area contributed by atoms with Crippen LogP contribution in [-0.4, -0.2) is 5.75 Å². The van der Waals surface area contributed by atoms with Crippen molar-refractivity contribution in [1.82, 2.24) is 5.43 Å². The fourth-order valence-electron chi connectivity index (χ4n) is 2.14. The molecule has 0 fully saturated rings. The van der Waals surface area contributed by atoms with Gasteiger partial charge in [-0.1, -0.05) is 36.7 Å². The van der Waals surface area contributed by atoms with Crippen molar-refractivity contribution < 1.29 is 4.39 Å². The normalized spacial score (nSPS) is 12.4. The summed E-state index contributed by atoms with van der Waals surface area (Å²) in [5.41, 5.74) is 4.38. The van der Waals surface area contributed by atoms with Crippen molar-refractivity contribution in [3.8, 4) is 0 Å². The van der Waals surface area contributed by atoms with Crippen LogP contribution in [0.5, 0.6) is 0 Å². The van der Waals surface area contributed by atoms with Crippen LogP contribution < -0.4 is 11.3 Å². The number of thioether (sulfide) groups is 1. The first-order valence-corrected chi connectivity index (χ1v) is 8.13. The van der Waals surface area contributed by atoms with Crippen molar-refractivity contribution >= 4 is 23.4 Å². The minimum atomic E-state index is -0.305. The Bertz CT molecular complexity index is 589. The van der Waals surface area contributed by atoms with Crippen LogP contribution in [0.2, 0.25) is 5.02 Å². The van der Waals surface area contributed by atoms with Crippen molar-refractivity contribution in [2.24, 2.45) is 5.84 Å². The molecule has 0 heterocycles. The van der Waals surface area contributed by atoms with Gasteiger partial charge in [-0.15, -0.1) is 11.8 Å². The second-order valence-electron chi connectivity index (χ2n) is 4.66. The van der Waals surface area contributed by atoms with Crippen molar-refractivity contribution in [2.45, 2.75) is 24.3 Å². The average Bonchev–Trinajstić information content (AvgIpc) is 2.48. The summed E-state index contributed by atoms with van der Waals surface area (Å²) in [5.74, 6) is 6.36. The fraction of sp³-hybridized carbons (Fsp3) is 0.250. The molecule has 0 saturated carbocycles. The summed E-state index contributed by atoms with van der Waals surface area (Å²) >= 11 is 7.55. The predicted octanol–water partition coefficient (Wildman–Crippen LogP) is 4.34. The van der Waals surface area contributed by atoms with Crippen molar-refractivity contribution in [3.05, 3.63) is 64.4 Å². The maximum atomic E-state index is 13.9. The Labute approximate surface area is 133 Å². The maximum absolute atomic E-state index is 13.9. The molecule has 0 spiro atoms. The lowest BCUT2D eigenvalue weighted by Gasteiger charge is -2.17. The first-order chi connectivity index (χ1) is 10.1. The molecule has 0 amide bonds. The zero-order chi connectivity index (χ0) is 15.2. The molecular weight excluding hydrogens is 307 g/mol. The van der Waals surface area contributed by atoms with Crippen molar-refractivity contribution in [3.63, 3.8) is 0 Å². The van der Waals surface area contributed by atoms with E-state index in [0.29, 0.717) is 17.0 Å². The quantitative estimate of drug-likeness (QED) is 0.471. The second kappa shape index (κ2) is 7.80. The van der Waals surface area contributed by atoms with E-state index in [1.807, 2.05) is 12.1 Å². The number of hydrazine groups is 1. The van der Waals surface area contributed by atoms with Gasteiger partial charge < -0.3 is 0 Å². The van der Waals surface area contributed by atoms with Gasteiger partial charge in [-0.3, -0.25) is 11.3 Å². The molecule has 2 aromatic carbocycles. The van der Waals surface area contributed by atoms with Crippen molar-refractivity contribution in [2.75, 3.05) is 5.75 Å². The Morgan fingerprint density at radius 3 is 2.52 bits per heavy atom. The molecule has 2 nitrogen and oxygen atoms in total. The standard InChI is InChI=1S/C16H18ClFN2S/c1-2-21-14-7-4-11(5-8-14)16(20-19)9-12-3-6-13(17)10-15(12)18/h3-8,10,16,20H,2,9,19H2,1H3. The molecule has 0 aliphatic rings. The van der Waals surface area contributed by atoms with Crippen LogP contribution >= 0.6 is 23.4 Å². The van der Waals surface area contributed by atoms with Crippen LogP contribution in [0.25, 0.3) is 0 Å². The lowest BCUT2D eigenvalue weighted by molar-refractivity contribution is 0.529. The third kappa shape index (κ3) is 4.45. The molecule has 5 heteroatoms. The summed E-state index contributed by atoms with van der Waals surface area (Å²) in [5, 5.41) is 0.398. The lowest BCUT2D eigenvalue weighted by atomic mass is 9.99. The van der Waals surface area contributed by atoms with Gasteiger partial charge in [0, 0.05) is 9.92 Å². The number of benzene rings is 2. The topological polar surface area (TPSA) is 38.0 Å². The molecule has 0 saturated heterocycles. The van der Waals surface area contributed by atoms with Crippen molar-refractivity contribution in [1.29, 1.82) is 0 Å². The Balaban J connectivity index is 2.15. The molecule has 0 aliphatic carbocycles.